The molecule has 4 atom stereocenters. The van der Waals surface area contributed by atoms with Crippen molar-refractivity contribution in [2.75, 3.05) is 6.61 Å². The Morgan fingerprint density at radius 1 is 1.17 bits per heavy atom. The van der Waals surface area contributed by atoms with Crippen molar-refractivity contribution in [2.45, 2.75) is 38.7 Å². The average Bonchev–Trinajstić information content (AvgIpc) is 2.72. The Labute approximate surface area is 226 Å². The first-order valence-electron chi connectivity index (χ1n) is 9.67. The van der Waals surface area contributed by atoms with Crippen LogP contribution in [0.2, 0.25) is 0 Å². The van der Waals surface area contributed by atoms with E-state index in [0.717, 1.165) is 11.1 Å². The van der Waals surface area contributed by atoms with Gasteiger partial charge < -0.3 is 44.0 Å². The Hall–Kier alpha value is -1.20. The molecular weight excluding hydrogens is 535 g/mol. The minimum atomic E-state index is -5.14. The molecule has 2 heterocycles. The number of aliphatic hydroxyl groups excluding tert-OH is 3. The number of H-pyrrole nitrogens is 1. The number of nitrogens with zero attached hydrogens (tertiary/aromatic N) is 3. The van der Waals surface area contributed by atoms with E-state index in [0.29, 0.717) is 11.0 Å². The summed E-state index contributed by atoms with van der Waals surface area (Å²) in [5, 5.41) is 30.5. The second-order valence-corrected chi connectivity index (χ2v) is 9.24. The van der Waals surface area contributed by atoms with Crippen LogP contribution in [0, 0.1) is 13.8 Å². The van der Waals surface area contributed by atoms with Crippen LogP contribution in [0.25, 0.3) is 22.6 Å². The molecule has 0 saturated carbocycles. The van der Waals surface area contributed by atoms with Crippen LogP contribution in [0.5, 0.6) is 0 Å². The molecule has 1 aromatic carbocycles. The van der Waals surface area contributed by atoms with Crippen LogP contribution in [-0.2, 0) is 15.6 Å². The van der Waals surface area contributed by atoms with Crippen molar-refractivity contribution in [1.29, 1.82) is 0 Å². The van der Waals surface area contributed by atoms with Gasteiger partial charge in [-0.2, -0.15) is 4.98 Å². The zero-order valence-corrected chi connectivity index (χ0v) is 23.1. The van der Waals surface area contributed by atoms with Gasteiger partial charge in [-0.3, -0.25) is 19.8 Å². The first kappa shape index (κ1) is 32.8. The van der Waals surface area contributed by atoms with Crippen molar-refractivity contribution >= 4 is 27.4 Å². The number of aliphatic hydroxyl groups is 3. The Morgan fingerprint density at radius 3 is 2.28 bits per heavy atom. The average molecular weight is 559 g/mol. The van der Waals surface area contributed by atoms with Crippen molar-refractivity contribution in [3.8, 4) is 11.5 Å². The van der Waals surface area contributed by atoms with Crippen molar-refractivity contribution in [3.63, 3.8) is 0 Å². The molecule has 2 aliphatic rings. The number of phosphoric acid groups is 1. The molecule has 1 aromatic rings. The minimum Gasteiger partial charge on any atom is -0.756 e. The fourth-order valence-electron chi connectivity index (χ4n) is 3.06. The number of aromatic nitrogens is 4. The number of aromatic amines is 1. The fraction of sp³-hybridized carbons (Fsp3) is 0.412. The molecule has 1 unspecified atom stereocenters. The van der Waals surface area contributed by atoms with Gasteiger partial charge in [0.15, 0.2) is 11.5 Å². The minimum absolute atomic E-state index is 0. The third kappa shape index (κ3) is 8.97. The summed E-state index contributed by atoms with van der Waals surface area (Å²) in [6, 6.07) is 3.40. The Kier molecular flexibility index (Phi) is 12.4. The summed E-state index contributed by atoms with van der Waals surface area (Å²) < 4.78 is 16.0. The largest absolute Gasteiger partial charge is 1.00 e. The molecule has 0 radical (unpaired) electrons. The molecule has 36 heavy (non-hydrogen) atoms. The number of nitrogens with two attached hydrogens (primary N) is 1. The van der Waals surface area contributed by atoms with E-state index in [1.165, 1.54) is 4.57 Å². The second kappa shape index (κ2) is 13.6. The number of aryl methyl sites for hydroxylation is 2. The predicted octanol–water partition coefficient (Wildman–Crippen LogP) is -6.08. The summed E-state index contributed by atoms with van der Waals surface area (Å²) in [5.41, 5.74) is 4.85. The molecule has 0 saturated heterocycles. The maximum Gasteiger partial charge on any atom is 1.00 e. The number of nitrogens with one attached hydrogen (secondary N) is 1. The molecule has 0 aromatic heterocycles. The second-order valence-electron chi connectivity index (χ2n) is 7.40. The van der Waals surface area contributed by atoms with Gasteiger partial charge in [0.05, 0.1) is 24.2 Å². The molecule has 0 amide bonds. The zero-order chi connectivity index (χ0) is 26.7. The number of fused-ring (bicyclic) bond motifs is 2. The molecule has 9 N–H and O–H groups in total. The first-order valence-corrected chi connectivity index (χ1v) is 12.5. The smallest absolute Gasteiger partial charge is 0.756 e. The molecule has 3 rings (SSSR count). The zero-order valence-electron chi connectivity index (χ0n) is 19.3. The van der Waals surface area contributed by atoms with E-state index in [2.05, 4.69) is 20.0 Å². The van der Waals surface area contributed by atoms with Crippen molar-refractivity contribution in [1.82, 2.24) is 19.5 Å². The van der Waals surface area contributed by atoms with E-state index in [1.807, 2.05) is 18.8 Å². The van der Waals surface area contributed by atoms with Gasteiger partial charge in [-0.1, -0.05) is 0 Å². The number of benzene rings is 1. The molecule has 194 valence electrons. The summed E-state index contributed by atoms with van der Waals surface area (Å²) >= 11 is 0. The molecule has 0 spiro atoms. The fourth-order valence-corrected chi connectivity index (χ4v) is 3.40. The summed E-state index contributed by atoms with van der Waals surface area (Å²) in [5.74, 6) is -0.152. The van der Waals surface area contributed by atoms with Crippen LogP contribution in [0.1, 0.15) is 11.1 Å². The predicted molar refractivity (Wildman–Crippen MR) is 120 cm³/mol. The monoisotopic (exact) mass is 559 g/mol. The van der Waals surface area contributed by atoms with Gasteiger partial charge >= 0.3 is 35.2 Å². The molecular formula is C17H24N5NaO11P2. The Bertz CT molecular complexity index is 1310. The molecule has 2 aliphatic heterocycles. The maximum atomic E-state index is 12.2. The van der Waals surface area contributed by atoms with E-state index >= 15 is 0 Å². The van der Waals surface area contributed by atoms with Gasteiger partial charge in [-0.25, -0.2) is 9.78 Å². The number of rotatable bonds is 7. The van der Waals surface area contributed by atoms with Crippen LogP contribution in [0.15, 0.2) is 21.7 Å². The van der Waals surface area contributed by atoms with E-state index in [1.54, 1.807) is 12.1 Å². The normalized spacial score (nSPS) is 15.5. The summed E-state index contributed by atoms with van der Waals surface area (Å²) in [4.78, 5) is 68.2. The van der Waals surface area contributed by atoms with Crippen LogP contribution in [-0.4, -0.2) is 74.4 Å². The van der Waals surface area contributed by atoms with Gasteiger partial charge in [0, 0.05) is 0 Å². The Morgan fingerprint density at radius 2 is 1.72 bits per heavy atom. The molecule has 0 aliphatic carbocycles. The quantitative estimate of drug-likeness (QED) is 0.0760. The van der Waals surface area contributed by atoms with Crippen molar-refractivity contribution in [3.05, 3.63) is 44.1 Å². The van der Waals surface area contributed by atoms with E-state index < -0.39 is 59.1 Å². The maximum absolute atomic E-state index is 12.2. The summed E-state index contributed by atoms with van der Waals surface area (Å²) in [6.45, 7) is 2.20. The van der Waals surface area contributed by atoms with Crippen LogP contribution < -0.4 is 51.2 Å². The number of hydrogen-bond acceptors (Lipinski definition) is 13. The summed E-state index contributed by atoms with van der Waals surface area (Å²) in [7, 11) is -7.26. The van der Waals surface area contributed by atoms with Gasteiger partial charge in [0.2, 0.25) is 8.53 Å². The third-order valence-corrected chi connectivity index (χ3v) is 5.27. The van der Waals surface area contributed by atoms with E-state index in [4.69, 9.17) is 14.7 Å². The first-order chi connectivity index (χ1) is 16.1. The SMILES string of the molecule is Cc1cc2nc3c(=O)[nH]c(=O)nc-3n(C[C@H](O)[C@H](O)[C@H](O)COP(=O)([O-])O)c2cc1C.NP(O)O.[Na+]. The molecule has 0 bridgehead atoms. The third-order valence-electron chi connectivity index (χ3n) is 4.79. The van der Waals surface area contributed by atoms with Crippen LogP contribution in [0.4, 0.5) is 0 Å². The molecule has 16 nitrogen and oxygen atoms in total. The van der Waals surface area contributed by atoms with E-state index in [-0.39, 0.29) is 41.1 Å². The van der Waals surface area contributed by atoms with Crippen molar-refractivity contribution in [2.24, 2.45) is 5.50 Å². The van der Waals surface area contributed by atoms with Gasteiger partial charge in [-0.15, -0.1) is 0 Å². The van der Waals surface area contributed by atoms with Gasteiger partial charge in [0.25, 0.3) is 13.4 Å². The number of hydrogen-bond donors (Lipinski definition) is 8. The van der Waals surface area contributed by atoms with E-state index in [9.17, 15) is 34.4 Å². The van der Waals surface area contributed by atoms with Crippen LogP contribution in [0.3, 0.4) is 0 Å². The molecule has 19 heteroatoms. The van der Waals surface area contributed by atoms with Crippen molar-refractivity contribution < 1.29 is 73.5 Å². The molecule has 0 fully saturated rings. The van der Waals surface area contributed by atoms with Gasteiger partial charge in [-0.05, 0) is 37.1 Å². The topological polar surface area (TPSA) is 277 Å². The summed E-state index contributed by atoms with van der Waals surface area (Å²) in [6.07, 6.45) is -5.49. The van der Waals surface area contributed by atoms with Gasteiger partial charge in [0.1, 0.15) is 18.3 Å². The standard InChI is InChI=1S/C17H21N4O9P.H4NO2P.Na/c1-7-3-9-10(4-8(7)2)21(15-13(18-9)16(25)20-17(26)19-15)5-11(22)14(24)12(23)6-30-31(27,28)29;1-4(2)3;/h3-4,11-12,14,22-24H,5-6H2,1-2H3,(H,20,25,26)(H2,27,28,29);2-3H,1H2;/q;;+1/p-1/t11-,12+,14-;;/m0../s1. The number of phosphoric ester groups is 1. The van der Waals surface area contributed by atoms with Crippen LogP contribution >= 0.6 is 16.3 Å². The Balaban J connectivity index is 0.00000120.